The summed E-state index contributed by atoms with van der Waals surface area (Å²) in [4.78, 5) is 25.2. The maximum absolute atomic E-state index is 12.0. The van der Waals surface area contributed by atoms with E-state index < -0.39 is 23.7 Å². The van der Waals surface area contributed by atoms with Gasteiger partial charge < -0.3 is 14.7 Å². The van der Waals surface area contributed by atoms with Crippen LogP contribution in [0.5, 0.6) is 0 Å². The number of aliphatic hydroxyl groups is 1. The van der Waals surface area contributed by atoms with Crippen molar-refractivity contribution < 1.29 is 19.4 Å². The normalized spacial score (nSPS) is 18.6. The maximum Gasteiger partial charge on any atom is 0.340 e. The Balaban J connectivity index is 2.46. The van der Waals surface area contributed by atoms with Crippen LogP contribution in [0.1, 0.15) is 18.5 Å². The number of esters is 1. The zero-order chi connectivity index (χ0) is 14.9. The topological polar surface area (TPSA) is 66.8 Å². The first kappa shape index (κ1) is 14.8. The van der Waals surface area contributed by atoms with Gasteiger partial charge in [0, 0.05) is 10.6 Å². The summed E-state index contributed by atoms with van der Waals surface area (Å²) in [5.74, 6) is -1.77. The number of amides is 1. The molecule has 1 atom stereocenters. The molecular formula is C14H14INO4. The molecule has 0 aliphatic carbocycles. The summed E-state index contributed by atoms with van der Waals surface area (Å²) in [5.41, 5.74) is 0.758. The van der Waals surface area contributed by atoms with Gasteiger partial charge in [-0.15, -0.1) is 0 Å². The average molecular weight is 387 g/mol. The van der Waals surface area contributed by atoms with Crippen LogP contribution in [0.4, 0.5) is 0 Å². The van der Waals surface area contributed by atoms with E-state index in [1.54, 1.807) is 14.0 Å². The second-order valence-corrected chi connectivity index (χ2v) is 5.60. The smallest absolute Gasteiger partial charge is 0.340 e. The Morgan fingerprint density at radius 3 is 2.55 bits per heavy atom. The van der Waals surface area contributed by atoms with Gasteiger partial charge in [-0.3, -0.25) is 4.79 Å². The van der Waals surface area contributed by atoms with Crippen molar-refractivity contribution in [1.29, 1.82) is 0 Å². The summed E-state index contributed by atoms with van der Waals surface area (Å²) in [6, 6.07) is 6.81. The van der Waals surface area contributed by atoms with E-state index in [0.717, 1.165) is 9.13 Å². The van der Waals surface area contributed by atoms with Gasteiger partial charge in [-0.1, -0.05) is 12.1 Å². The van der Waals surface area contributed by atoms with Gasteiger partial charge in [-0.05, 0) is 47.2 Å². The van der Waals surface area contributed by atoms with Gasteiger partial charge in [0.1, 0.15) is 5.57 Å². The Labute approximate surface area is 130 Å². The second kappa shape index (κ2) is 5.82. The van der Waals surface area contributed by atoms with Gasteiger partial charge in [0.2, 0.25) is 0 Å². The highest BCUT2D eigenvalue weighted by Gasteiger charge is 2.42. The first-order chi connectivity index (χ1) is 9.47. The number of rotatable bonds is 3. The number of carbonyl (C=O) groups excluding carboxylic acids is 2. The van der Waals surface area contributed by atoms with Crippen LogP contribution in [-0.2, 0) is 14.3 Å². The molecule has 1 aromatic carbocycles. The van der Waals surface area contributed by atoms with E-state index in [1.165, 1.54) is 4.90 Å². The van der Waals surface area contributed by atoms with Gasteiger partial charge >= 0.3 is 5.97 Å². The molecule has 0 aromatic heterocycles. The highest BCUT2D eigenvalue weighted by molar-refractivity contribution is 14.1. The molecule has 6 heteroatoms. The monoisotopic (exact) mass is 387 g/mol. The van der Waals surface area contributed by atoms with E-state index in [2.05, 4.69) is 22.6 Å². The van der Waals surface area contributed by atoms with E-state index in [0.29, 0.717) is 0 Å². The van der Waals surface area contributed by atoms with Crippen LogP contribution in [0, 0.1) is 3.57 Å². The van der Waals surface area contributed by atoms with E-state index in [4.69, 9.17) is 4.74 Å². The zero-order valence-corrected chi connectivity index (χ0v) is 13.2. The highest BCUT2D eigenvalue weighted by Crippen LogP contribution is 2.36. The summed E-state index contributed by atoms with van der Waals surface area (Å²) in [7, 11) is 1.55. The Kier molecular flexibility index (Phi) is 4.32. The molecule has 0 radical (unpaired) electrons. The SMILES string of the molecule is CCOC(=O)C1=C(O)C(=O)N(C)C1c1ccc(I)cc1. The van der Waals surface area contributed by atoms with Crippen LogP contribution in [-0.4, -0.2) is 35.5 Å². The fourth-order valence-electron chi connectivity index (χ4n) is 2.18. The standard InChI is InChI=1S/C14H14INO4/c1-3-20-14(19)10-11(16(2)13(18)12(10)17)8-4-6-9(15)7-5-8/h4-7,11,17H,3H2,1-2H3. The van der Waals surface area contributed by atoms with Gasteiger partial charge in [0.05, 0.1) is 12.6 Å². The van der Waals surface area contributed by atoms with Crippen molar-refractivity contribution in [2.24, 2.45) is 0 Å². The third-order valence-electron chi connectivity index (χ3n) is 3.12. The minimum Gasteiger partial charge on any atom is -0.503 e. The first-order valence-corrected chi connectivity index (χ1v) is 7.18. The lowest BCUT2D eigenvalue weighted by Gasteiger charge is -2.22. The van der Waals surface area contributed by atoms with Crippen LogP contribution in [0.2, 0.25) is 0 Å². The summed E-state index contributed by atoms with van der Waals surface area (Å²) in [6.07, 6.45) is 0. The third-order valence-corrected chi connectivity index (χ3v) is 3.84. The molecule has 1 aliphatic rings. The molecule has 106 valence electrons. The molecule has 1 N–H and O–H groups in total. The van der Waals surface area contributed by atoms with E-state index in [-0.39, 0.29) is 12.2 Å². The molecular weight excluding hydrogens is 373 g/mol. The van der Waals surface area contributed by atoms with Gasteiger partial charge in [0.15, 0.2) is 5.76 Å². The van der Waals surface area contributed by atoms with Gasteiger partial charge in [0.25, 0.3) is 5.91 Å². The molecule has 20 heavy (non-hydrogen) atoms. The molecule has 0 saturated carbocycles. The fraction of sp³-hybridized carbons (Fsp3) is 0.286. The van der Waals surface area contributed by atoms with Crippen LogP contribution in [0.25, 0.3) is 0 Å². The minimum absolute atomic E-state index is 0.000517. The number of halogens is 1. The van der Waals surface area contributed by atoms with Gasteiger partial charge in [-0.25, -0.2) is 4.79 Å². The molecule has 1 aliphatic heterocycles. The number of aliphatic hydroxyl groups excluding tert-OH is 1. The van der Waals surface area contributed by atoms with E-state index >= 15 is 0 Å². The number of ether oxygens (including phenoxy) is 1. The van der Waals surface area contributed by atoms with E-state index in [1.807, 2.05) is 24.3 Å². The number of benzene rings is 1. The Morgan fingerprint density at radius 1 is 1.40 bits per heavy atom. The molecule has 0 spiro atoms. The van der Waals surface area contributed by atoms with Crippen molar-refractivity contribution in [1.82, 2.24) is 4.90 Å². The van der Waals surface area contributed by atoms with Crippen molar-refractivity contribution in [3.8, 4) is 0 Å². The number of hydrogen-bond donors (Lipinski definition) is 1. The molecule has 1 amide bonds. The lowest BCUT2D eigenvalue weighted by atomic mass is 10.00. The average Bonchev–Trinajstić information content (AvgIpc) is 2.64. The van der Waals surface area contributed by atoms with E-state index in [9.17, 15) is 14.7 Å². The summed E-state index contributed by atoms with van der Waals surface area (Å²) in [6.45, 7) is 1.86. The Morgan fingerprint density at radius 2 is 2.00 bits per heavy atom. The Hall–Kier alpha value is -1.57. The lowest BCUT2D eigenvalue weighted by molar-refractivity contribution is -0.139. The van der Waals surface area contributed by atoms with Crippen LogP contribution in [0.3, 0.4) is 0 Å². The molecule has 5 nitrogen and oxygen atoms in total. The molecule has 0 fully saturated rings. The molecule has 2 rings (SSSR count). The maximum atomic E-state index is 12.0. The Bertz CT molecular complexity index is 579. The molecule has 1 aromatic rings. The van der Waals surface area contributed by atoms with Crippen molar-refractivity contribution >= 4 is 34.5 Å². The summed E-state index contributed by atoms with van der Waals surface area (Å²) >= 11 is 2.17. The number of likely N-dealkylation sites (N-methyl/N-ethyl adjacent to an activating group) is 1. The second-order valence-electron chi connectivity index (χ2n) is 4.35. The quantitative estimate of drug-likeness (QED) is 0.638. The lowest BCUT2D eigenvalue weighted by Crippen LogP contribution is -2.27. The van der Waals surface area contributed by atoms with Crippen molar-refractivity contribution in [2.75, 3.05) is 13.7 Å². The molecule has 0 bridgehead atoms. The molecule has 1 unspecified atom stereocenters. The van der Waals surface area contributed by atoms with Gasteiger partial charge in [-0.2, -0.15) is 0 Å². The number of nitrogens with zero attached hydrogens (tertiary/aromatic N) is 1. The number of hydrogen-bond acceptors (Lipinski definition) is 4. The zero-order valence-electron chi connectivity index (χ0n) is 11.1. The van der Waals surface area contributed by atoms with Crippen molar-refractivity contribution in [2.45, 2.75) is 13.0 Å². The van der Waals surface area contributed by atoms with Crippen molar-refractivity contribution in [3.63, 3.8) is 0 Å². The fourth-order valence-corrected chi connectivity index (χ4v) is 2.53. The molecule has 0 saturated heterocycles. The first-order valence-electron chi connectivity index (χ1n) is 6.10. The number of carbonyl (C=O) groups is 2. The minimum atomic E-state index is -0.661. The predicted molar refractivity (Wildman–Crippen MR) is 81.0 cm³/mol. The van der Waals surface area contributed by atoms with Crippen LogP contribution < -0.4 is 0 Å². The summed E-state index contributed by atoms with van der Waals surface area (Å²) < 4.78 is 5.98. The summed E-state index contributed by atoms with van der Waals surface area (Å²) in [5, 5.41) is 9.90. The highest BCUT2D eigenvalue weighted by atomic mass is 127. The third kappa shape index (κ3) is 2.52. The molecule has 1 heterocycles. The predicted octanol–water partition coefficient (Wildman–Crippen LogP) is 2.18. The largest absolute Gasteiger partial charge is 0.503 e. The van der Waals surface area contributed by atoms with Crippen LogP contribution >= 0.6 is 22.6 Å². The van der Waals surface area contributed by atoms with Crippen molar-refractivity contribution in [3.05, 3.63) is 44.7 Å². The van der Waals surface area contributed by atoms with Crippen LogP contribution in [0.15, 0.2) is 35.6 Å².